The van der Waals surface area contributed by atoms with Gasteiger partial charge in [0, 0.05) is 12.7 Å². The highest BCUT2D eigenvalue weighted by Crippen LogP contribution is 2.14. The number of benzene rings is 1. The second-order valence-electron chi connectivity index (χ2n) is 3.76. The molecule has 0 radical (unpaired) electrons. The van der Waals surface area contributed by atoms with Gasteiger partial charge in [-0.3, -0.25) is 4.79 Å². The second kappa shape index (κ2) is 7.20. The minimum Gasteiger partial charge on any atom is -0.359 e. The quantitative estimate of drug-likeness (QED) is 0.794. The summed E-state index contributed by atoms with van der Waals surface area (Å²) in [5.74, 6) is -0.0976. The zero-order chi connectivity index (χ0) is 15.0. The highest BCUT2D eigenvalue weighted by atomic mass is 16.1. The molecule has 6 nitrogen and oxygen atoms in total. The van der Waals surface area contributed by atoms with Gasteiger partial charge in [0.2, 0.25) is 5.91 Å². The largest absolute Gasteiger partial charge is 0.359 e. The maximum absolute atomic E-state index is 11.2. The van der Waals surface area contributed by atoms with Crippen molar-refractivity contribution < 1.29 is 4.79 Å². The molecule has 20 heavy (non-hydrogen) atoms. The Morgan fingerprint density at radius 2 is 1.70 bits per heavy atom. The first-order chi connectivity index (χ1) is 9.64. The first-order valence-electron chi connectivity index (χ1n) is 5.65. The number of nitrogens with zero attached hydrogens (tertiary/aromatic N) is 3. The number of nitriles is 3. The van der Waals surface area contributed by atoms with Gasteiger partial charge in [0.1, 0.15) is 23.9 Å². The molecule has 1 amide bonds. The van der Waals surface area contributed by atoms with Gasteiger partial charge in [-0.25, -0.2) is 0 Å². The molecule has 2 N–H and O–H groups in total. The van der Waals surface area contributed by atoms with Crippen LogP contribution in [-0.2, 0) is 11.2 Å². The van der Waals surface area contributed by atoms with Crippen molar-refractivity contribution in [1.82, 2.24) is 5.32 Å². The van der Waals surface area contributed by atoms with Crippen LogP contribution in [0.3, 0.4) is 0 Å². The van der Waals surface area contributed by atoms with E-state index in [4.69, 9.17) is 15.8 Å². The number of carbonyl (C=O) groups is 1. The van der Waals surface area contributed by atoms with Crippen LogP contribution in [-0.4, -0.2) is 13.0 Å². The molecule has 0 bridgehead atoms. The van der Waals surface area contributed by atoms with Gasteiger partial charge in [0.15, 0.2) is 5.57 Å². The third-order valence-corrected chi connectivity index (χ3v) is 2.45. The lowest BCUT2D eigenvalue weighted by Gasteiger charge is -2.06. The van der Waals surface area contributed by atoms with Crippen LogP contribution in [0.25, 0.3) is 0 Å². The second-order valence-corrected chi connectivity index (χ2v) is 3.76. The standard InChI is InChI=1S/C14H11N5O/c1-18-14(20)6-10-2-4-12(5-3-10)19-13(9-17)11(7-15)8-16/h2-5,19H,6H2,1H3,(H,18,20). The van der Waals surface area contributed by atoms with Crippen molar-refractivity contribution in [2.45, 2.75) is 6.42 Å². The van der Waals surface area contributed by atoms with Gasteiger partial charge in [-0.15, -0.1) is 0 Å². The molecule has 98 valence electrons. The maximum Gasteiger partial charge on any atom is 0.224 e. The Morgan fingerprint density at radius 1 is 1.10 bits per heavy atom. The lowest BCUT2D eigenvalue weighted by atomic mass is 10.1. The van der Waals surface area contributed by atoms with E-state index in [0.29, 0.717) is 5.69 Å². The average Bonchev–Trinajstić information content (AvgIpc) is 2.48. The number of allylic oxidation sites excluding steroid dienone is 2. The van der Waals surface area contributed by atoms with E-state index in [0.717, 1.165) is 5.56 Å². The predicted molar refractivity (Wildman–Crippen MR) is 71.7 cm³/mol. The first kappa shape index (κ1) is 14.8. The normalized spacial score (nSPS) is 8.50. The third-order valence-electron chi connectivity index (χ3n) is 2.45. The van der Waals surface area contributed by atoms with E-state index in [-0.39, 0.29) is 23.6 Å². The topological polar surface area (TPSA) is 112 Å². The van der Waals surface area contributed by atoms with E-state index in [1.54, 1.807) is 49.5 Å². The Hall–Kier alpha value is -3.30. The smallest absolute Gasteiger partial charge is 0.224 e. The molecule has 0 aliphatic heterocycles. The first-order valence-corrected chi connectivity index (χ1v) is 5.65. The minimum atomic E-state index is -0.276. The fourth-order valence-electron chi connectivity index (χ4n) is 1.41. The van der Waals surface area contributed by atoms with Gasteiger partial charge >= 0.3 is 0 Å². The molecule has 0 saturated carbocycles. The zero-order valence-corrected chi connectivity index (χ0v) is 10.8. The van der Waals surface area contributed by atoms with Gasteiger partial charge in [-0.2, -0.15) is 15.8 Å². The summed E-state index contributed by atoms with van der Waals surface area (Å²) in [5.41, 5.74) is 0.999. The van der Waals surface area contributed by atoms with Crippen LogP contribution in [0.1, 0.15) is 5.56 Å². The monoisotopic (exact) mass is 265 g/mol. The summed E-state index contributed by atoms with van der Waals surface area (Å²) >= 11 is 0. The molecule has 1 aromatic rings. The van der Waals surface area contributed by atoms with Crippen molar-refractivity contribution in [3.8, 4) is 18.2 Å². The van der Waals surface area contributed by atoms with E-state index in [9.17, 15) is 4.79 Å². The molecular weight excluding hydrogens is 254 g/mol. The van der Waals surface area contributed by atoms with Crippen molar-refractivity contribution in [1.29, 1.82) is 15.8 Å². The number of nitrogens with one attached hydrogen (secondary N) is 2. The molecule has 6 heteroatoms. The van der Waals surface area contributed by atoms with E-state index in [1.807, 2.05) is 0 Å². The van der Waals surface area contributed by atoms with Crippen LogP contribution in [0.15, 0.2) is 35.5 Å². The van der Waals surface area contributed by atoms with Crippen molar-refractivity contribution in [2.24, 2.45) is 0 Å². The van der Waals surface area contributed by atoms with Crippen LogP contribution < -0.4 is 10.6 Å². The molecule has 0 atom stereocenters. The number of likely N-dealkylation sites (N-methyl/N-ethyl adjacent to an activating group) is 1. The lowest BCUT2D eigenvalue weighted by Crippen LogP contribution is -2.19. The van der Waals surface area contributed by atoms with Crippen LogP contribution in [0.2, 0.25) is 0 Å². The van der Waals surface area contributed by atoms with Crippen molar-refractivity contribution >= 4 is 11.6 Å². The molecule has 0 fully saturated rings. The highest BCUT2D eigenvalue weighted by molar-refractivity contribution is 5.78. The summed E-state index contributed by atoms with van der Waals surface area (Å²) in [6.07, 6.45) is 0.263. The maximum atomic E-state index is 11.2. The number of hydrogen-bond acceptors (Lipinski definition) is 5. The van der Waals surface area contributed by atoms with Gasteiger partial charge < -0.3 is 10.6 Å². The summed E-state index contributed by atoms with van der Waals surface area (Å²) in [5, 5.41) is 31.5. The van der Waals surface area contributed by atoms with Gasteiger partial charge in [-0.1, -0.05) is 12.1 Å². The van der Waals surface area contributed by atoms with E-state index in [1.165, 1.54) is 0 Å². The minimum absolute atomic E-state index is 0.0976. The Labute approximate surface area is 116 Å². The van der Waals surface area contributed by atoms with Crippen molar-refractivity contribution in [2.75, 3.05) is 12.4 Å². The molecule has 1 aromatic carbocycles. The van der Waals surface area contributed by atoms with E-state index in [2.05, 4.69) is 10.6 Å². The molecule has 0 spiro atoms. The molecule has 0 saturated heterocycles. The number of anilines is 1. The van der Waals surface area contributed by atoms with Crippen LogP contribution in [0, 0.1) is 34.0 Å². The fraction of sp³-hybridized carbons (Fsp3) is 0.143. The average molecular weight is 265 g/mol. The van der Waals surface area contributed by atoms with Gasteiger partial charge in [-0.05, 0) is 17.7 Å². The summed E-state index contributed by atoms with van der Waals surface area (Å²) in [7, 11) is 1.56. The molecule has 0 aliphatic carbocycles. The zero-order valence-electron chi connectivity index (χ0n) is 10.8. The van der Waals surface area contributed by atoms with Crippen molar-refractivity contribution in [3.63, 3.8) is 0 Å². The third kappa shape index (κ3) is 3.87. The Balaban J connectivity index is 2.89. The molecule has 0 unspecified atom stereocenters. The fourth-order valence-corrected chi connectivity index (χ4v) is 1.41. The van der Waals surface area contributed by atoms with Gasteiger partial charge in [0.25, 0.3) is 0 Å². The van der Waals surface area contributed by atoms with Crippen LogP contribution >= 0.6 is 0 Å². The summed E-state index contributed by atoms with van der Waals surface area (Å²) in [4.78, 5) is 11.2. The molecule has 0 heterocycles. The molecular formula is C14H11N5O. The lowest BCUT2D eigenvalue weighted by molar-refractivity contribution is -0.119. The molecule has 1 rings (SSSR count). The predicted octanol–water partition coefficient (Wildman–Crippen LogP) is 1.21. The SMILES string of the molecule is CNC(=O)Cc1ccc(NC(C#N)=C(C#N)C#N)cc1. The Bertz CT molecular complexity index is 637. The number of amides is 1. The number of hydrogen-bond donors (Lipinski definition) is 2. The van der Waals surface area contributed by atoms with E-state index >= 15 is 0 Å². The van der Waals surface area contributed by atoms with Crippen LogP contribution in [0.4, 0.5) is 5.69 Å². The van der Waals surface area contributed by atoms with Gasteiger partial charge in [0.05, 0.1) is 6.42 Å². The number of rotatable bonds is 4. The van der Waals surface area contributed by atoms with Crippen molar-refractivity contribution in [3.05, 3.63) is 41.1 Å². The Kier molecular flexibility index (Phi) is 5.32. The number of carbonyl (C=O) groups excluding carboxylic acids is 1. The summed E-state index contributed by atoms with van der Waals surface area (Å²) < 4.78 is 0. The Morgan fingerprint density at radius 3 is 2.15 bits per heavy atom. The van der Waals surface area contributed by atoms with E-state index < -0.39 is 0 Å². The highest BCUT2D eigenvalue weighted by Gasteiger charge is 2.06. The summed E-state index contributed by atoms with van der Waals surface area (Å²) in [6.45, 7) is 0. The molecule has 0 aromatic heterocycles. The summed E-state index contributed by atoms with van der Waals surface area (Å²) in [6, 6.07) is 11.9. The molecule has 0 aliphatic rings. The van der Waals surface area contributed by atoms with Crippen LogP contribution in [0.5, 0.6) is 0 Å².